The number of nitrogens with one attached hydrogen (secondary N) is 1. The van der Waals surface area contributed by atoms with Gasteiger partial charge in [-0.1, -0.05) is 46.2 Å². The molecular formula is C36H53N5O4SSi. The second-order valence-electron chi connectivity index (χ2n) is 15.4. The van der Waals surface area contributed by atoms with E-state index < -0.39 is 30.0 Å². The van der Waals surface area contributed by atoms with Crippen LogP contribution in [0.2, 0.25) is 18.1 Å². The summed E-state index contributed by atoms with van der Waals surface area (Å²) in [6.07, 6.45) is 3.48. The van der Waals surface area contributed by atoms with E-state index in [2.05, 4.69) is 45.5 Å². The van der Waals surface area contributed by atoms with Crippen molar-refractivity contribution >= 4 is 30.6 Å². The molecule has 0 saturated carbocycles. The summed E-state index contributed by atoms with van der Waals surface area (Å²) in [6.45, 7) is 23.1. The van der Waals surface area contributed by atoms with Crippen molar-refractivity contribution in [2.24, 2.45) is 0 Å². The van der Waals surface area contributed by atoms with Crippen LogP contribution in [-0.4, -0.2) is 54.7 Å². The highest BCUT2D eigenvalue weighted by atomic mass is 32.2. The molecule has 256 valence electrons. The second kappa shape index (κ2) is 14.4. The maximum Gasteiger partial charge on any atom is 0.192 e. The molecule has 4 aromatic rings. The molecule has 0 aliphatic carbocycles. The molecule has 3 aromatic heterocycles. The van der Waals surface area contributed by atoms with Gasteiger partial charge >= 0.3 is 0 Å². The highest BCUT2D eigenvalue weighted by molar-refractivity contribution is 7.90. The molecule has 0 bridgehead atoms. The van der Waals surface area contributed by atoms with Crippen LogP contribution >= 0.6 is 0 Å². The Morgan fingerprint density at radius 2 is 1.70 bits per heavy atom. The van der Waals surface area contributed by atoms with Gasteiger partial charge in [0.15, 0.2) is 14.1 Å². The molecule has 4 rings (SSSR count). The van der Waals surface area contributed by atoms with E-state index in [9.17, 15) is 9.66 Å². The van der Waals surface area contributed by atoms with Gasteiger partial charge in [-0.05, 0) is 95.6 Å². The van der Waals surface area contributed by atoms with Crippen LogP contribution in [-0.2, 0) is 22.4 Å². The van der Waals surface area contributed by atoms with E-state index in [1.165, 1.54) is 0 Å². The summed E-state index contributed by atoms with van der Waals surface area (Å²) in [5, 5.41) is 16.1. The first-order valence-corrected chi connectivity index (χ1v) is 20.5. The smallest absolute Gasteiger partial charge is 0.192 e. The molecule has 2 N–H and O–H groups in total. The van der Waals surface area contributed by atoms with Crippen molar-refractivity contribution in [2.75, 3.05) is 6.61 Å². The summed E-state index contributed by atoms with van der Waals surface area (Å²) in [5.74, 6) is 1.26. The van der Waals surface area contributed by atoms with Gasteiger partial charge in [0.25, 0.3) is 0 Å². The SMILES string of the molecule is CCC[C@H](N[S+]([O-])C(C)(C)C)c1cccc(-c2cc(OCC(C)(C)O)c3cnn(-c4cccc(CO[Si](C)(C)C(C)(C)C)n4)c3c2)n1. The minimum atomic E-state index is -1.96. The van der Waals surface area contributed by atoms with Gasteiger partial charge in [0, 0.05) is 16.9 Å². The molecule has 0 spiro atoms. The number of nitrogens with zero attached hydrogens (tertiary/aromatic N) is 4. The van der Waals surface area contributed by atoms with Gasteiger partial charge in [-0.15, -0.1) is 4.72 Å². The van der Waals surface area contributed by atoms with Gasteiger partial charge in [0.2, 0.25) is 0 Å². The van der Waals surface area contributed by atoms with Crippen LogP contribution in [0.3, 0.4) is 0 Å². The van der Waals surface area contributed by atoms with Crippen molar-refractivity contribution in [1.82, 2.24) is 24.5 Å². The largest absolute Gasteiger partial charge is 0.598 e. The zero-order chi connectivity index (χ0) is 34.8. The van der Waals surface area contributed by atoms with Crippen molar-refractivity contribution in [3.63, 3.8) is 0 Å². The third-order valence-electron chi connectivity index (χ3n) is 8.43. The van der Waals surface area contributed by atoms with Crippen LogP contribution in [0.15, 0.2) is 54.7 Å². The van der Waals surface area contributed by atoms with E-state index in [4.69, 9.17) is 24.2 Å². The van der Waals surface area contributed by atoms with E-state index >= 15 is 0 Å². The van der Waals surface area contributed by atoms with Crippen LogP contribution < -0.4 is 9.46 Å². The fourth-order valence-corrected chi connectivity index (χ4v) is 6.40. The first kappa shape index (κ1) is 37.0. The third-order valence-corrected chi connectivity index (χ3v) is 14.5. The quantitative estimate of drug-likeness (QED) is 0.108. The lowest BCUT2D eigenvalue weighted by Gasteiger charge is -2.36. The number of aromatic nitrogens is 4. The number of aliphatic hydroxyl groups is 1. The van der Waals surface area contributed by atoms with Crippen LogP contribution in [0, 0.1) is 0 Å². The van der Waals surface area contributed by atoms with Crippen molar-refractivity contribution in [3.8, 4) is 22.8 Å². The molecule has 0 aliphatic rings. The normalized spacial score (nSPS) is 14.4. The van der Waals surface area contributed by atoms with Crippen LogP contribution in [0.1, 0.15) is 92.6 Å². The van der Waals surface area contributed by atoms with Crippen molar-refractivity contribution < 1.29 is 18.8 Å². The zero-order valence-corrected chi connectivity index (χ0v) is 31.8. The van der Waals surface area contributed by atoms with Crippen molar-refractivity contribution in [2.45, 2.75) is 116 Å². The number of hydrogen-bond acceptors (Lipinski definition) is 8. The minimum absolute atomic E-state index is 0.0976. The van der Waals surface area contributed by atoms with E-state index in [1.54, 1.807) is 20.0 Å². The van der Waals surface area contributed by atoms with Crippen molar-refractivity contribution in [3.05, 3.63) is 66.1 Å². The van der Waals surface area contributed by atoms with Crippen LogP contribution in [0.25, 0.3) is 28.0 Å². The number of ether oxygens (including phenoxy) is 1. The molecule has 1 aromatic carbocycles. The molecule has 0 fully saturated rings. The van der Waals surface area contributed by atoms with E-state index in [1.807, 2.05) is 74.0 Å². The maximum absolute atomic E-state index is 13.0. The lowest BCUT2D eigenvalue weighted by molar-refractivity contribution is 0.0290. The molecule has 1 unspecified atom stereocenters. The van der Waals surface area contributed by atoms with Gasteiger partial charge in [-0.3, -0.25) is 4.98 Å². The van der Waals surface area contributed by atoms with Gasteiger partial charge in [-0.2, -0.15) is 5.10 Å². The molecule has 11 heteroatoms. The second-order valence-corrected chi connectivity index (χ2v) is 22.2. The van der Waals surface area contributed by atoms with E-state index in [0.717, 1.165) is 46.4 Å². The molecule has 2 atom stereocenters. The highest BCUT2D eigenvalue weighted by Crippen LogP contribution is 2.37. The molecular weight excluding hydrogens is 627 g/mol. The predicted octanol–water partition coefficient (Wildman–Crippen LogP) is 8.05. The Kier molecular flexibility index (Phi) is 11.3. The Labute approximate surface area is 285 Å². The van der Waals surface area contributed by atoms with Crippen LogP contribution in [0.4, 0.5) is 0 Å². The monoisotopic (exact) mass is 679 g/mol. The highest BCUT2D eigenvalue weighted by Gasteiger charge is 2.37. The topological polar surface area (TPSA) is 117 Å². The van der Waals surface area contributed by atoms with E-state index in [-0.39, 0.29) is 17.7 Å². The molecule has 0 saturated heterocycles. The first-order valence-electron chi connectivity index (χ1n) is 16.4. The standard InChI is InChI=1S/C36H53N5O4SSi/c1-12-15-30(40-46(43)34(2,3)4)29-18-14-17-28(39-29)25-20-31-27(32(21-25)44-24-36(8,9)42)22-37-41(31)33-19-13-16-26(38-33)23-45-47(10,11)35(5,6)7/h13-14,16-22,30,40,42H,12,15,23-24H2,1-11H3/t30-,46?/m0/s1. The molecule has 9 nitrogen and oxygen atoms in total. The summed E-state index contributed by atoms with van der Waals surface area (Å²) < 4.78 is 30.4. The van der Waals surface area contributed by atoms with Crippen molar-refractivity contribution in [1.29, 1.82) is 0 Å². The summed E-state index contributed by atoms with van der Waals surface area (Å²) >= 11 is -1.25. The Balaban J connectivity index is 1.77. The first-order chi connectivity index (χ1) is 21.8. The maximum atomic E-state index is 13.0. The summed E-state index contributed by atoms with van der Waals surface area (Å²) in [7, 11) is -1.96. The number of benzene rings is 1. The molecule has 0 radical (unpaired) electrons. The molecule has 3 heterocycles. The van der Waals surface area contributed by atoms with Gasteiger partial charge in [0.1, 0.15) is 17.1 Å². The Hall–Kier alpha value is -2.80. The Bertz CT molecular complexity index is 1660. The lowest BCUT2D eigenvalue weighted by Crippen LogP contribution is -2.41. The zero-order valence-electron chi connectivity index (χ0n) is 30.0. The third kappa shape index (κ3) is 9.42. The summed E-state index contributed by atoms with van der Waals surface area (Å²) in [4.78, 5) is 10.00. The molecule has 0 aliphatic heterocycles. The van der Waals surface area contributed by atoms with Gasteiger partial charge in [0.05, 0.1) is 52.4 Å². The number of hydrogen-bond donors (Lipinski definition) is 2. The van der Waals surface area contributed by atoms with Crippen LogP contribution in [0.5, 0.6) is 5.75 Å². The summed E-state index contributed by atoms with van der Waals surface area (Å²) in [6, 6.07) is 15.6. The number of pyridine rings is 2. The lowest BCUT2D eigenvalue weighted by atomic mass is 10.0. The number of rotatable bonds is 13. The average molecular weight is 680 g/mol. The summed E-state index contributed by atoms with van der Waals surface area (Å²) in [5.41, 5.74) is 3.01. The molecule has 47 heavy (non-hydrogen) atoms. The fraction of sp³-hybridized carbons (Fsp3) is 0.528. The predicted molar refractivity (Wildman–Crippen MR) is 195 cm³/mol. The van der Waals surface area contributed by atoms with Gasteiger partial charge < -0.3 is 18.8 Å². The Morgan fingerprint density at radius 3 is 2.34 bits per heavy atom. The van der Waals surface area contributed by atoms with E-state index in [0.29, 0.717) is 18.2 Å². The average Bonchev–Trinajstić information content (AvgIpc) is 3.42. The fourth-order valence-electron chi connectivity index (χ4n) is 4.60. The molecule has 0 amide bonds. The number of fused-ring (bicyclic) bond motifs is 1. The van der Waals surface area contributed by atoms with Gasteiger partial charge in [-0.25, -0.2) is 9.67 Å². The Morgan fingerprint density at radius 1 is 1.00 bits per heavy atom. The minimum Gasteiger partial charge on any atom is -0.598 e.